The third-order valence-electron chi connectivity index (χ3n) is 2.00. The molecule has 0 fully saturated rings. The minimum absolute atomic E-state index is 0.251. The Balaban J connectivity index is 2.47. The molecule has 3 nitrogen and oxygen atoms in total. The van der Waals surface area contributed by atoms with Crippen LogP contribution in [-0.4, -0.2) is 19.7 Å². The van der Waals surface area contributed by atoms with Gasteiger partial charge in [0.1, 0.15) is 5.75 Å². The average Bonchev–Trinajstić information content (AvgIpc) is 2.16. The summed E-state index contributed by atoms with van der Waals surface area (Å²) in [6.07, 6.45) is 0.281. The average molecular weight is 208 g/mol. The maximum absolute atomic E-state index is 10.8. The number of benzene rings is 1. The van der Waals surface area contributed by atoms with Gasteiger partial charge >= 0.3 is 5.97 Å². The topological polar surface area (TPSA) is 35.5 Å². The van der Waals surface area contributed by atoms with Crippen LogP contribution in [0.25, 0.3) is 0 Å². The van der Waals surface area contributed by atoms with Gasteiger partial charge in [0.05, 0.1) is 20.1 Å². The van der Waals surface area contributed by atoms with E-state index in [4.69, 9.17) is 4.74 Å². The number of aryl methyl sites for hydroxylation is 2. The van der Waals surface area contributed by atoms with Gasteiger partial charge in [-0.2, -0.15) is 0 Å². The molecule has 0 saturated heterocycles. The van der Waals surface area contributed by atoms with Gasteiger partial charge in [-0.1, -0.05) is 6.07 Å². The Morgan fingerprint density at radius 3 is 2.33 bits per heavy atom. The van der Waals surface area contributed by atoms with Crippen molar-refractivity contribution in [3.05, 3.63) is 29.3 Å². The van der Waals surface area contributed by atoms with Crippen molar-refractivity contribution in [2.24, 2.45) is 0 Å². The highest BCUT2D eigenvalue weighted by atomic mass is 16.5. The summed E-state index contributed by atoms with van der Waals surface area (Å²) >= 11 is 0. The summed E-state index contributed by atoms with van der Waals surface area (Å²) in [5, 5.41) is 0. The van der Waals surface area contributed by atoms with Crippen molar-refractivity contribution in [1.29, 1.82) is 0 Å². The summed E-state index contributed by atoms with van der Waals surface area (Å²) in [4.78, 5) is 10.8. The Morgan fingerprint density at radius 2 is 1.80 bits per heavy atom. The second-order valence-corrected chi connectivity index (χ2v) is 3.50. The van der Waals surface area contributed by atoms with E-state index in [1.54, 1.807) is 0 Å². The van der Waals surface area contributed by atoms with Crippen molar-refractivity contribution >= 4 is 5.97 Å². The first-order chi connectivity index (χ1) is 7.11. The molecule has 0 amide bonds. The van der Waals surface area contributed by atoms with Gasteiger partial charge in [0.15, 0.2) is 0 Å². The molecule has 0 bridgehead atoms. The molecule has 0 N–H and O–H groups in total. The second kappa shape index (κ2) is 5.39. The zero-order valence-electron chi connectivity index (χ0n) is 9.37. The highest BCUT2D eigenvalue weighted by molar-refractivity contribution is 5.69. The summed E-state index contributed by atoms with van der Waals surface area (Å²) in [6, 6.07) is 5.97. The summed E-state index contributed by atoms with van der Waals surface area (Å²) in [5.74, 6) is 0.552. The summed E-state index contributed by atoms with van der Waals surface area (Å²) in [6.45, 7) is 4.38. The Hall–Kier alpha value is -1.51. The van der Waals surface area contributed by atoms with Crippen molar-refractivity contribution in [2.45, 2.75) is 20.3 Å². The smallest absolute Gasteiger partial charge is 0.308 e. The number of ether oxygens (including phenoxy) is 2. The zero-order chi connectivity index (χ0) is 11.3. The molecule has 3 heteroatoms. The van der Waals surface area contributed by atoms with E-state index in [0.717, 1.165) is 16.9 Å². The molecule has 0 spiro atoms. The number of hydrogen-bond acceptors (Lipinski definition) is 3. The van der Waals surface area contributed by atoms with Crippen LogP contribution >= 0.6 is 0 Å². The molecule has 0 aliphatic carbocycles. The number of rotatable bonds is 4. The van der Waals surface area contributed by atoms with Gasteiger partial charge < -0.3 is 9.47 Å². The fourth-order valence-electron chi connectivity index (χ4n) is 1.37. The molecule has 0 unspecified atom stereocenters. The second-order valence-electron chi connectivity index (χ2n) is 3.50. The molecule has 15 heavy (non-hydrogen) atoms. The van der Waals surface area contributed by atoms with Crippen LogP contribution < -0.4 is 4.74 Å². The standard InChI is InChI=1S/C12H16O3/c1-9-6-10(2)8-11(7-9)15-5-4-12(13)14-3/h6-8H,4-5H2,1-3H3. The molecule has 0 radical (unpaired) electrons. The number of methoxy groups -OCH3 is 1. The largest absolute Gasteiger partial charge is 0.493 e. The zero-order valence-corrected chi connectivity index (χ0v) is 9.37. The summed E-state index contributed by atoms with van der Waals surface area (Å²) in [5.41, 5.74) is 2.31. The molecule has 1 aromatic carbocycles. The first kappa shape index (κ1) is 11.6. The van der Waals surface area contributed by atoms with Gasteiger partial charge in [0.25, 0.3) is 0 Å². The van der Waals surface area contributed by atoms with Crippen LogP contribution in [0.3, 0.4) is 0 Å². The molecule has 0 aliphatic heterocycles. The predicted octanol–water partition coefficient (Wildman–Crippen LogP) is 2.25. The van der Waals surface area contributed by atoms with Crippen LogP contribution in [-0.2, 0) is 9.53 Å². The highest BCUT2D eigenvalue weighted by Gasteiger charge is 2.01. The van der Waals surface area contributed by atoms with Crippen molar-refractivity contribution in [1.82, 2.24) is 0 Å². The first-order valence-corrected chi connectivity index (χ1v) is 4.89. The monoisotopic (exact) mass is 208 g/mol. The first-order valence-electron chi connectivity index (χ1n) is 4.89. The van der Waals surface area contributed by atoms with Gasteiger partial charge in [-0.3, -0.25) is 4.79 Å². The lowest BCUT2D eigenvalue weighted by Crippen LogP contribution is -2.07. The Morgan fingerprint density at radius 1 is 1.20 bits per heavy atom. The van der Waals surface area contributed by atoms with E-state index in [-0.39, 0.29) is 12.4 Å². The van der Waals surface area contributed by atoms with Crippen LogP contribution in [0.5, 0.6) is 5.75 Å². The van der Waals surface area contributed by atoms with E-state index < -0.39 is 0 Å². The van der Waals surface area contributed by atoms with Crippen molar-refractivity contribution in [3.63, 3.8) is 0 Å². The number of esters is 1. The highest BCUT2D eigenvalue weighted by Crippen LogP contribution is 2.16. The third kappa shape index (κ3) is 4.02. The molecule has 0 heterocycles. The number of hydrogen-bond donors (Lipinski definition) is 0. The van der Waals surface area contributed by atoms with Gasteiger partial charge in [0.2, 0.25) is 0 Å². The molecule has 1 aromatic rings. The lowest BCUT2D eigenvalue weighted by atomic mass is 10.1. The van der Waals surface area contributed by atoms with Crippen LogP contribution in [0.1, 0.15) is 17.5 Å². The van der Waals surface area contributed by atoms with E-state index >= 15 is 0 Å². The minimum atomic E-state index is -0.251. The van der Waals surface area contributed by atoms with E-state index in [1.807, 2.05) is 26.0 Å². The molecular weight excluding hydrogens is 192 g/mol. The lowest BCUT2D eigenvalue weighted by Gasteiger charge is -2.07. The Bertz CT molecular complexity index is 324. The number of carbonyl (C=O) groups excluding carboxylic acids is 1. The molecule has 1 rings (SSSR count). The quantitative estimate of drug-likeness (QED) is 0.712. The number of carbonyl (C=O) groups is 1. The Kier molecular flexibility index (Phi) is 4.16. The summed E-state index contributed by atoms with van der Waals surface area (Å²) in [7, 11) is 1.37. The molecule has 0 atom stereocenters. The van der Waals surface area contributed by atoms with E-state index in [9.17, 15) is 4.79 Å². The minimum Gasteiger partial charge on any atom is -0.493 e. The van der Waals surface area contributed by atoms with Gasteiger partial charge in [-0.15, -0.1) is 0 Å². The third-order valence-corrected chi connectivity index (χ3v) is 2.00. The molecule has 0 saturated carbocycles. The normalized spacial score (nSPS) is 9.80. The van der Waals surface area contributed by atoms with Crippen LogP contribution in [0.15, 0.2) is 18.2 Å². The van der Waals surface area contributed by atoms with Crippen LogP contribution in [0.4, 0.5) is 0 Å². The van der Waals surface area contributed by atoms with Gasteiger partial charge in [-0.05, 0) is 37.1 Å². The van der Waals surface area contributed by atoms with Crippen molar-refractivity contribution in [3.8, 4) is 5.75 Å². The van der Waals surface area contributed by atoms with Crippen molar-refractivity contribution in [2.75, 3.05) is 13.7 Å². The van der Waals surface area contributed by atoms with Crippen LogP contribution in [0.2, 0.25) is 0 Å². The van der Waals surface area contributed by atoms with Crippen molar-refractivity contribution < 1.29 is 14.3 Å². The molecule has 0 aromatic heterocycles. The van der Waals surface area contributed by atoms with Crippen LogP contribution in [0, 0.1) is 13.8 Å². The fraction of sp³-hybridized carbons (Fsp3) is 0.417. The fourth-order valence-corrected chi connectivity index (χ4v) is 1.37. The maximum atomic E-state index is 10.8. The summed E-state index contributed by atoms with van der Waals surface area (Å²) < 4.78 is 9.96. The maximum Gasteiger partial charge on any atom is 0.308 e. The van der Waals surface area contributed by atoms with Gasteiger partial charge in [0, 0.05) is 0 Å². The van der Waals surface area contributed by atoms with Gasteiger partial charge in [-0.25, -0.2) is 0 Å². The molecular formula is C12H16O3. The lowest BCUT2D eigenvalue weighted by molar-refractivity contribution is -0.141. The van der Waals surface area contributed by atoms with E-state index in [1.165, 1.54) is 7.11 Å². The van der Waals surface area contributed by atoms with E-state index in [2.05, 4.69) is 10.8 Å². The molecule has 0 aliphatic rings. The SMILES string of the molecule is COC(=O)CCOc1cc(C)cc(C)c1. The molecule has 82 valence electrons. The Labute approximate surface area is 90.0 Å². The van der Waals surface area contributed by atoms with E-state index in [0.29, 0.717) is 6.61 Å². The predicted molar refractivity (Wildman–Crippen MR) is 58.0 cm³/mol.